The fourth-order valence-electron chi connectivity index (χ4n) is 2.20. The molecule has 3 aromatic rings. The van der Waals surface area contributed by atoms with Crippen LogP contribution in [0, 0.1) is 0 Å². The van der Waals surface area contributed by atoms with Gasteiger partial charge in [0.2, 0.25) is 5.91 Å². The molecular weight excluding hydrogens is 292 g/mol. The van der Waals surface area contributed by atoms with Crippen molar-refractivity contribution < 1.29 is 4.79 Å². The van der Waals surface area contributed by atoms with Crippen molar-refractivity contribution in [2.24, 2.45) is 0 Å². The van der Waals surface area contributed by atoms with Crippen molar-refractivity contribution in [1.29, 1.82) is 0 Å². The maximum Gasteiger partial charge on any atom is 0.250 e. The zero-order valence-electron chi connectivity index (χ0n) is 12.4. The first-order chi connectivity index (χ1) is 11.2. The average Bonchev–Trinajstić information content (AvgIpc) is 3.05. The van der Waals surface area contributed by atoms with E-state index in [-0.39, 0.29) is 24.6 Å². The van der Waals surface area contributed by atoms with Crippen LogP contribution in [0.1, 0.15) is 5.82 Å². The van der Waals surface area contributed by atoms with Crippen LogP contribution in [0.25, 0.3) is 11.3 Å². The molecule has 2 N–H and O–H groups in total. The number of aromatic nitrogens is 3. The summed E-state index contributed by atoms with van der Waals surface area (Å²) in [4.78, 5) is 30.9. The summed E-state index contributed by atoms with van der Waals surface area (Å²) in [6.07, 6.45) is 3.32. The van der Waals surface area contributed by atoms with Crippen molar-refractivity contribution in [3.63, 3.8) is 0 Å². The molecule has 0 saturated carbocycles. The molecule has 2 heterocycles. The first-order valence-corrected chi connectivity index (χ1v) is 7.24. The van der Waals surface area contributed by atoms with Gasteiger partial charge in [-0.05, 0) is 11.6 Å². The Morgan fingerprint density at radius 3 is 2.70 bits per heavy atom. The summed E-state index contributed by atoms with van der Waals surface area (Å²) in [5, 5.41) is 2.75. The Labute approximate surface area is 132 Å². The number of carbonyl (C=O) groups excluding carboxylic acids is 1. The van der Waals surface area contributed by atoms with E-state index in [9.17, 15) is 9.59 Å². The summed E-state index contributed by atoms with van der Waals surface area (Å²) in [7, 11) is 0. The molecule has 0 fully saturated rings. The number of imidazole rings is 1. The van der Waals surface area contributed by atoms with Gasteiger partial charge in [0.1, 0.15) is 12.4 Å². The summed E-state index contributed by atoms with van der Waals surface area (Å²) in [5.74, 6) is 0.425. The maximum absolute atomic E-state index is 11.9. The molecule has 1 amide bonds. The number of hydrogen-bond acceptors (Lipinski definition) is 3. The third-order valence-corrected chi connectivity index (χ3v) is 3.38. The number of hydrogen-bond donors (Lipinski definition) is 2. The Morgan fingerprint density at radius 2 is 1.91 bits per heavy atom. The van der Waals surface area contributed by atoms with Crippen LogP contribution in [-0.2, 0) is 17.9 Å². The van der Waals surface area contributed by atoms with Crippen molar-refractivity contribution in [2.75, 3.05) is 0 Å². The van der Waals surface area contributed by atoms with Crippen molar-refractivity contribution in [2.45, 2.75) is 13.1 Å². The topological polar surface area (TPSA) is 79.8 Å². The smallest absolute Gasteiger partial charge is 0.250 e. The Hall–Kier alpha value is -3.15. The lowest BCUT2D eigenvalue weighted by molar-refractivity contribution is -0.121. The predicted molar refractivity (Wildman–Crippen MR) is 86.6 cm³/mol. The third-order valence-electron chi connectivity index (χ3n) is 3.38. The zero-order valence-corrected chi connectivity index (χ0v) is 12.4. The molecule has 0 atom stereocenters. The highest BCUT2D eigenvalue weighted by Crippen LogP contribution is 2.15. The van der Waals surface area contributed by atoms with Crippen LogP contribution in [0.2, 0.25) is 0 Å². The second-order valence-corrected chi connectivity index (χ2v) is 5.05. The maximum atomic E-state index is 11.9. The first kappa shape index (κ1) is 14.8. The number of nitrogens with one attached hydrogen (secondary N) is 2. The second kappa shape index (κ2) is 6.74. The summed E-state index contributed by atoms with van der Waals surface area (Å²) in [6, 6.07) is 14.6. The van der Waals surface area contributed by atoms with Crippen LogP contribution in [0.15, 0.2) is 65.7 Å². The van der Waals surface area contributed by atoms with Gasteiger partial charge in [-0.15, -0.1) is 0 Å². The van der Waals surface area contributed by atoms with Crippen LogP contribution in [0.4, 0.5) is 0 Å². The molecule has 0 radical (unpaired) electrons. The second-order valence-electron chi connectivity index (χ2n) is 5.05. The molecule has 0 aliphatic carbocycles. The number of carbonyl (C=O) groups is 1. The molecular formula is C17H16N4O2. The summed E-state index contributed by atoms with van der Waals surface area (Å²) < 4.78 is 1.35. The first-order valence-electron chi connectivity index (χ1n) is 7.24. The minimum Gasteiger partial charge on any atom is -0.347 e. The Bertz CT molecular complexity index is 852. The zero-order chi connectivity index (χ0) is 16.1. The van der Waals surface area contributed by atoms with Gasteiger partial charge in [-0.2, -0.15) is 0 Å². The Morgan fingerprint density at radius 1 is 1.13 bits per heavy atom. The third kappa shape index (κ3) is 3.74. The molecule has 0 saturated heterocycles. The van der Waals surface area contributed by atoms with Crippen molar-refractivity contribution in [3.8, 4) is 11.3 Å². The van der Waals surface area contributed by atoms with Gasteiger partial charge in [0.15, 0.2) is 0 Å². The van der Waals surface area contributed by atoms with E-state index in [4.69, 9.17) is 0 Å². The standard InChI is InChI=1S/C17H16N4O2/c22-16(12-21-9-5-4-8-17(21)23)19-11-15-18-10-14(20-15)13-6-2-1-3-7-13/h1-10H,11-12H2,(H,18,20)(H,19,22). The van der Waals surface area contributed by atoms with Gasteiger partial charge in [-0.1, -0.05) is 36.4 Å². The summed E-state index contributed by atoms with van der Waals surface area (Å²) in [5.41, 5.74) is 1.73. The Kier molecular flexibility index (Phi) is 4.33. The van der Waals surface area contributed by atoms with Gasteiger partial charge in [-0.3, -0.25) is 9.59 Å². The van der Waals surface area contributed by atoms with Gasteiger partial charge in [-0.25, -0.2) is 4.98 Å². The SMILES string of the molecule is O=C(Cn1ccccc1=O)NCc1ncc(-c2ccccc2)[nH]1. The number of rotatable bonds is 5. The lowest BCUT2D eigenvalue weighted by atomic mass is 10.2. The van der Waals surface area contributed by atoms with E-state index in [1.54, 1.807) is 24.5 Å². The fourth-order valence-corrected chi connectivity index (χ4v) is 2.20. The van der Waals surface area contributed by atoms with E-state index >= 15 is 0 Å². The van der Waals surface area contributed by atoms with Crippen molar-refractivity contribution in [3.05, 3.63) is 77.1 Å². The lowest BCUT2D eigenvalue weighted by Crippen LogP contribution is -2.31. The number of benzene rings is 1. The highest BCUT2D eigenvalue weighted by Gasteiger charge is 2.06. The molecule has 0 bridgehead atoms. The molecule has 6 heteroatoms. The van der Waals surface area contributed by atoms with Crippen LogP contribution in [0.5, 0.6) is 0 Å². The number of nitrogens with zero attached hydrogens (tertiary/aromatic N) is 2. The molecule has 116 valence electrons. The molecule has 2 aromatic heterocycles. The van der Waals surface area contributed by atoms with E-state index in [2.05, 4.69) is 15.3 Å². The molecule has 6 nitrogen and oxygen atoms in total. The summed E-state index contributed by atoms with van der Waals surface area (Å²) >= 11 is 0. The van der Waals surface area contributed by atoms with Crippen LogP contribution >= 0.6 is 0 Å². The molecule has 3 rings (SSSR count). The molecule has 23 heavy (non-hydrogen) atoms. The van der Waals surface area contributed by atoms with Gasteiger partial charge >= 0.3 is 0 Å². The highest BCUT2D eigenvalue weighted by molar-refractivity contribution is 5.75. The van der Waals surface area contributed by atoms with Crippen LogP contribution < -0.4 is 10.9 Å². The molecule has 0 spiro atoms. The van der Waals surface area contributed by atoms with Crippen LogP contribution in [0.3, 0.4) is 0 Å². The van der Waals surface area contributed by atoms with E-state index < -0.39 is 0 Å². The van der Waals surface area contributed by atoms with Gasteiger partial charge in [0.25, 0.3) is 5.56 Å². The minimum atomic E-state index is -0.240. The average molecular weight is 308 g/mol. The van der Waals surface area contributed by atoms with Gasteiger partial charge < -0.3 is 14.9 Å². The highest BCUT2D eigenvalue weighted by atomic mass is 16.2. The van der Waals surface area contributed by atoms with E-state index in [0.29, 0.717) is 5.82 Å². The van der Waals surface area contributed by atoms with E-state index in [0.717, 1.165) is 11.3 Å². The van der Waals surface area contributed by atoms with Crippen LogP contribution in [-0.4, -0.2) is 20.4 Å². The van der Waals surface area contributed by atoms with Gasteiger partial charge in [0.05, 0.1) is 18.4 Å². The number of pyridine rings is 1. The fraction of sp³-hybridized carbons (Fsp3) is 0.118. The molecule has 0 aliphatic heterocycles. The molecule has 0 aliphatic rings. The van der Waals surface area contributed by atoms with Crippen molar-refractivity contribution in [1.82, 2.24) is 19.9 Å². The monoisotopic (exact) mass is 308 g/mol. The normalized spacial score (nSPS) is 10.4. The molecule has 0 unspecified atom stereocenters. The Balaban J connectivity index is 1.59. The molecule has 1 aromatic carbocycles. The van der Waals surface area contributed by atoms with E-state index in [1.807, 2.05) is 30.3 Å². The number of amides is 1. The predicted octanol–water partition coefficient (Wildman–Crippen LogP) is 1.55. The van der Waals surface area contributed by atoms with Crippen molar-refractivity contribution >= 4 is 5.91 Å². The summed E-state index contributed by atoms with van der Waals surface area (Å²) in [6.45, 7) is 0.277. The number of H-pyrrole nitrogens is 1. The van der Waals surface area contributed by atoms with Gasteiger partial charge in [0, 0.05) is 12.3 Å². The minimum absolute atomic E-state index is 0.00801. The quantitative estimate of drug-likeness (QED) is 0.750. The number of aromatic amines is 1. The lowest BCUT2D eigenvalue weighted by Gasteiger charge is -2.05. The largest absolute Gasteiger partial charge is 0.347 e. The van der Waals surface area contributed by atoms with E-state index in [1.165, 1.54) is 10.6 Å².